The summed E-state index contributed by atoms with van der Waals surface area (Å²) >= 11 is 0. The number of benzene rings is 2. The molecular formula is C21H22N2O4. The van der Waals surface area contributed by atoms with E-state index in [4.69, 9.17) is 9.15 Å². The predicted molar refractivity (Wildman–Crippen MR) is 105 cm³/mol. The Morgan fingerprint density at radius 1 is 1.04 bits per heavy atom. The smallest absolute Gasteiger partial charge is 0.336 e. The molecule has 0 bridgehead atoms. The lowest BCUT2D eigenvalue weighted by molar-refractivity contribution is 0.250. The fraction of sp³-hybridized carbons (Fsp3) is 0.286. The average Bonchev–Trinajstić information content (AvgIpc) is 2.68. The van der Waals surface area contributed by atoms with E-state index in [0.717, 1.165) is 42.9 Å². The summed E-state index contributed by atoms with van der Waals surface area (Å²) in [5.41, 5.74) is 2.16. The minimum Gasteiger partial charge on any atom is -0.508 e. The second-order valence-electron chi connectivity index (χ2n) is 6.73. The highest BCUT2D eigenvalue weighted by molar-refractivity contribution is 5.81. The number of hydrogen-bond acceptors (Lipinski definition) is 6. The van der Waals surface area contributed by atoms with E-state index in [1.807, 2.05) is 12.1 Å². The summed E-state index contributed by atoms with van der Waals surface area (Å²) < 4.78 is 10.4. The first-order chi connectivity index (χ1) is 13.1. The molecule has 2 aromatic carbocycles. The van der Waals surface area contributed by atoms with E-state index in [-0.39, 0.29) is 11.4 Å². The van der Waals surface area contributed by atoms with Gasteiger partial charge in [-0.3, -0.25) is 4.90 Å². The molecule has 0 aliphatic carbocycles. The first-order valence-corrected chi connectivity index (χ1v) is 8.99. The summed E-state index contributed by atoms with van der Waals surface area (Å²) in [5, 5.41) is 10.5. The van der Waals surface area contributed by atoms with Crippen LogP contribution >= 0.6 is 0 Å². The van der Waals surface area contributed by atoms with Gasteiger partial charge in [0.05, 0.1) is 7.11 Å². The number of anilines is 1. The standard InChI is InChI=1S/C21H22N2O4/c1-26-18-5-2-16(3-6-18)23-10-8-22(9-11-23)14-15-12-21(25)27-20-13-17(24)4-7-19(15)20/h2-7,12-13,24H,8-11,14H2,1H3. The number of phenols is 1. The summed E-state index contributed by atoms with van der Waals surface area (Å²) in [6.07, 6.45) is 0. The molecule has 0 radical (unpaired) electrons. The van der Waals surface area contributed by atoms with Crippen LogP contribution in [0.4, 0.5) is 5.69 Å². The van der Waals surface area contributed by atoms with Gasteiger partial charge in [-0.05, 0) is 42.0 Å². The second kappa shape index (κ2) is 7.32. The maximum atomic E-state index is 11.9. The van der Waals surface area contributed by atoms with E-state index < -0.39 is 0 Å². The third-order valence-corrected chi connectivity index (χ3v) is 5.02. The van der Waals surface area contributed by atoms with Crippen LogP contribution in [-0.4, -0.2) is 43.3 Å². The zero-order chi connectivity index (χ0) is 18.8. The molecule has 1 aromatic heterocycles. The fourth-order valence-corrected chi connectivity index (χ4v) is 3.55. The molecule has 3 aromatic rings. The maximum absolute atomic E-state index is 11.9. The van der Waals surface area contributed by atoms with E-state index >= 15 is 0 Å². The van der Waals surface area contributed by atoms with Gasteiger partial charge < -0.3 is 19.2 Å². The number of piperazine rings is 1. The van der Waals surface area contributed by atoms with Crippen LogP contribution in [0.2, 0.25) is 0 Å². The molecule has 6 heteroatoms. The highest BCUT2D eigenvalue weighted by atomic mass is 16.5. The lowest BCUT2D eigenvalue weighted by Crippen LogP contribution is -2.46. The Morgan fingerprint density at radius 3 is 2.48 bits per heavy atom. The molecule has 1 aliphatic heterocycles. The van der Waals surface area contributed by atoms with Gasteiger partial charge in [0.2, 0.25) is 0 Å². The summed E-state index contributed by atoms with van der Waals surface area (Å²) in [5.74, 6) is 0.953. The highest BCUT2D eigenvalue weighted by Crippen LogP contribution is 2.24. The van der Waals surface area contributed by atoms with E-state index in [2.05, 4.69) is 21.9 Å². The zero-order valence-electron chi connectivity index (χ0n) is 15.2. The van der Waals surface area contributed by atoms with Crippen LogP contribution in [0, 0.1) is 0 Å². The van der Waals surface area contributed by atoms with E-state index in [9.17, 15) is 9.90 Å². The van der Waals surface area contributed by atoms with Crippen LogP contribution in [0.15, 0.2) is 57.7 Å². The lowest BCUT2D eigenvalue weighted by Gasteiger charge is -2.36. The molecule has 1 fully saturated rings. The summed E-state index contributed by atoms with van der Waals surface area (Å²) in [6.45, 7) is 4.35. The van der Waals surface area contributed by atoms with Crippen LogP contribution in [-0.2, 0) is 6.54 Å². The zero-order valence-corrected chi connectivity index (χ0v) is 15.2. The molecule has 4 rings (SSSR count). The van der Waals surface area contributed by atoms with Crippen molar-refractivity contribution in [1.29, 1.82) is 0 Å². The van der Waals surface area contributed by atoms with Gasteiger partial charge in [0.1, 0.15) is 17.1 Å². The molecule has 0 spiro atoms. The number of fused-ring (bicyclic) bond motifs is 1. The predicted octanol–water partition coefficient (Wildman–Crippen LogP) is 2.83. The Kier molecular flexibility index (Phi) is 4.73. The van der Waals surface area contributed by atoms with Crippen LogP contribution in [0.5, 0.6) is 11.5 Å². The molecule has 0 saturated carbocycles. The van der Waals surface area contributed by atoms with Crippen molar-refractivity contribution in [3.8, 4) is 11.5 Å². The SMILES string of the molecule is COc1ccc(N2CCN(Cc3cc(=O)oc4cc(O)ccc34)CC2)cc1. The van der Waals surface area contributed by atoms with Gasteiger partial charge in [0.15, 0.2) is 0 Å². The third kappa shape index (κ3) is 3.75. The molecule has 1 N–H and O–H groups in total. The van der Waals surface area contributed by atoms with Crippen LogP contribution in [0.1, 0.15) is 5.56 Å². The number of ether oxygens (including phenoxy) is 1. The first-order valence-electron chi connectivity index (χ1n) is 8.99. The van der Waals surface area contributed by atoms with Crippen molar-refractivity contribution in [2.45, 2.75) is 6.54 Å². The Balaban J connectivity index is 1.46. The van der Waals surface area contributed by atoms with Gasteiger partial charge in [0, 0.05) is 55.9 Å². The van der Waals surface area contributed by atoms with E-state index in [0.29, 0.717) is 12.1 Å². The quantitative estimate of drug-likeness (QED) is 0.717. The van der Waals surface area contributed by atoms with Gasteiger partial charge in [0.25, 0.3) is 0 Å². The topological polar surface area (TPSA) is 66.2 Å². The van der Waals surface area contributed by atoms with E-state index in [1.54, 1.807) is 25.3 Å². The van der Waals surface area contributed by atoms with Crippen LogP contribution < -0.4 is 15.3 Å². The molecule has 0 unspecified atom stereocenters. The number of phenolic OH excluding ortho intramolecular Hbond substituents is 1. The molecule has 27 heavy (non-hydrogen) atoms. The number of nitrogens with zero attached hydrogens (tertiary/aromatic N) is 2. The van der Waals surface area contributed by atoms with Crippen molar-refractivity contribution in [2.24, 2.45) is 0 Å². The number of hydrogen-bond donors (Lipinski definition) is 1. The lowest BCUT2D eigenvalue weighted by atomic mass is 10.1. The molecule has 0 amide bonds. The van der Waals surface area contributed by atoms with Crippen molar-refractivity contribution in [1.82, 2.24) is 4.90 Å². The molecule has 1 aliphatic rings. The van der Waals surface area contributed by atoms with Crippen molar-refractivity contribution in [3.63, 3.8) is 0 Å². The maximum Gasteiger partial charge on any atom is 0.336 e. The summed E-state index contributed by atoms with van der Waals surface area (Å²) in [4.78, 5) is 16.5. The molecule has 6 nitrogen and oxygen atoms in total. The number of aromatic hydroxyl groups is 1. The van der Waals surface area contributed by atoms with Crippen molar-refractivity contribution in [2.75, 3.05) is 38.2 Å². The molecule has 140 valence electrons. The Bertz CT molecular complexity index is 989. The van der Waals surface area contributed by atoms with Gasteiger partial charge in [-0.25, -0.2) is 4.79 Å². The van der Waals surface area contributed by atoms with Crippen molar-refractivity contribution >= 4 is 16.7 Å². The van der Waals surface area contributed by atoms with Gasteiger partial charge in [-0.2, -0.15) is 0 Å². The van der Waals surface area contributed by atoms with Crippen LogP contribution in [0.3, 0.4) is 0 Å². The largest absolute Gasteiger partial charge is 0.508 e. The van der Waals surface area contributed by atoms with E-state index in [1.165, 1.54) is 11.8 Å². The molecule has 0 atom stereocenters. The van der Waals surface area contributed by atoms with Crippen molar-refractivity contribution in [3.05, 3.63) is 64.5 Å². The number of methoxy groups -OCH3 is 1. The van der Waals surface area contributed by atoms with Gasteiger partial charge in [-0.1, -0.05) is 0 Å². The Labute approximate surface area is 157 Å². The average molecular weight is 366 g/mol. The fourth-order valence-electron chi connectivity index (χ4n) is 3.55. The second-order valence-corrected chi connectivity index (χ2v) is 6.73. The highest BCUT2D eigenvalue weighted by Gasteiger charge is 2.19. The first kappa shape index (κ1) is 17.4. The Morgan fingerprint density at radius 2 is 1.78 bits per heavy atom. The molecular weight excluding hydrogens is 344 g/mol. The number of rotatable bonds is 4. The summed E-state index contributed by atoms with van der Waals surface area (Å²) in [6, 6.07) is 14.6. The van der Waals surface area contributed by atoms with Gasteiger partial charge >= 0.3 is 5.63 Å². The minimum atomic E-state index is -0.389. The van der Waals surface area contributed by atoms with Crippen molar-refractivity contribution < 1.29 is 14.3 Å². The Hall–Kier alpha value is -2.99. The molecule has 1 saturated heterocycles. The normalized spacial score (nSPS) is 15.2. The monoisotopic (exact) mass is 366 g/mol. The van der Waals surface area contributed by atoms with Gasteiger partial charge in [-0.15, -0.1) is 0 Å². The summed E-state index contributed by atoms with van der Waals surface area (Å²) in [7, 11) is 1.67. The third-order valence-electron chi connectivity index (χ3n) is 5.02. The van der Waals surface area contributed by atoms with Crippen LogP contribution in [0.25, 0.3) is 11.0 Å². The molecule has 2 heterocycles. The minimum absolute atomic E-state index is 0.0934.